The molecule has 2 aromatic carbocycles. The first-order chi connectivity index (χ1) is 18.1. The van der Waals surface area contributed by atoms with E-state index in [-0.39, 0.29) is 29.6 Å². The number of aliphatic hydroxyl groups excluding tert-OH is 1. The second-order valence-electron chi connectivity index (χ2n) is 11.4. The molecule has 1 saturated carbocycles. The first-order valence-corrected chi connectivity index (χ1v) is 13.4. The average Bonchev–Trinajstić information content (AvgIpc) is 3.55. The number of hydrogen-bond acceptors (Lipinski definition) is 8. The smallest absolute Gasteiger partial charge is 0.200 e. The van der Waals surface area contributed by atoms with E-state index < -0.39 is 18.3 Å². The maximum atomic E-state index is 14.3. The highest BCUT2D eigenvalue weighted by Crippen LogP contribution is 2.49. The molecule has 0 unspecified atom stereocenters. The number of hydrogen-bond donors (Lipinski definition) is 4. The van der Waals surface area contributed by atoms with Gasteiger partial charge >= 0.3 is 0 Å². The van der Waals surface area contributed by atoms with E-state index in [4.69, 9.17) is 19.1 Å². The van der Waals surface area contributed by atoms with Gasteiger partial charge in [-0.1, -0.05) is 26.0 Å². The van der Waals surface area contributed by atoms with Crippen molar-refractivity contribution in [2.75, 3.05) is 5.48 Å². The molecule has 5 rings (SSSR count). The van der Waals surface area contributed by atoms with E-state index >= 15 is 0 Å². The normalized spacial score (nSPS) is 17.7. The molecule has 1 aliphatic heterocycles. The molecule has 8 heteroatoms. The Hall–Kier alpha value is -3.07. The first kappa shape index (κ1) is 26.5. The molecule has 0 saturated heterocycles. The summed E-state index contributed by atoms with van der Waals surface area (Å²) in [6.45, 7) is 7.03. The third-order valence-corrected chi connectivity index (χ3v) is 7.76. The standard InChI is InChI=1S/C30H37NO7/c1-16(2)24-27-21(14-23(38-27)30(3,4)34)28(36-19-7-5-6-8-19)25-26(33)20(22(15-32)37-29(24)25)13-17-9-11-18(31-35)12-10-17/h9-12,16,19,23,31-32,34-35H,5-8,13-15H2,1-4H3/t23-/m0/s1. The zero-order valence-corrected chi connectivity index (χ0v) is 22.5. The molecule has 1 aromatic heterocycles. The topological polar surface area (TPSA) is 121 Å². The molecular formula is C30H37NO7. The highest BCUT2D eigenvalue weighted by molar-refractivity contribution is 5.92. The largest absolute Gasteiger partial charge is 0.489 e. The van der Waals surface area contributed by atoms with Gasteiger partial charge in [-0.3, -0.25) is 15.5 Å². The Morgan fingerprint density at radius 1 is 1.16 bits per heavy atom. The number of anilines is 1. The van der Waals surface area contributed by atoms with Gasteiger partial charge < -0.3 is 24.1 Å². The fourth-order valence-electron chi connectivity index (χ4n) is 5.65. The van der Waals surface area contributed by atoms with E-state index in [1.807, 2.05) is 26.0 Å². The molecule has 0 bridgehead atoms. The van der Waals surface area contributed by atoms with Crippen LogP contribution in [0, 0.1) is 0 Å². The van der Waals surface area contributed by atoms with Gasteiger partial charge in [-0.25, -0.2) is 0 Å². The Morgan fingerprint density at radius 2 is 1.84 bits per heavy atom. The molecule has 0 amide bonds. The Kier molecular flexibility index (Phi) is 7.15. The number of fused-ring (bicyclic) bond motifs is 2. The van der Waals surface area contributed by atoms with Crippen molar-refractivity contribution in [3.63, 3.8) is 0 Å². The van der Waals surface area contributed by atoms with Gasteiger partial charge in [0.25, 0.3) is 0 Å². The van der Waals surface area contributed by atoms with Crippen molar-refractivity contribution >= 4 is 16.7 Å². The zero-order valence-electron chi connectivity index (χ0n) is 22.5. The van der Waals surface area contributed by atoms with Crippen LogP contribution in [0.4, 0.5) is 5.69 Å². The van der Waals surface area contributed by atoms with E-state index in [9.17, 15) is 15.0 Å². The van der Waals surface area contributed by atoms with Crippen LogP contribution in [0.1, 0.15) is 87.3 Å². The third kappa shape index (κ3) is 4.77. The van der Waals surface area contributed by atoms with E-state index in [0.29, 0.717) is 40.1 Å². The number of nitrogens with one attached hydrogen (secondary N) is 1. The van der Waals surface area contributed by atoms with Crippen LogP contribution in [0.2, 0.25) is 0 Å². The molecule has 4 N–H and O–H groups in total. The van der Waals surface area contributed by atoms with Gasteiger partial charge in [0.2, 0.25) is 0 Å². The minimum Gasteiger partial charge on any atom is -0.489 e. The van der Waals surface area contributed by atoms with Crippen molar-refractivity contribution < 1.29 is 29.3 Å². The fraction of sp³-hybridized carbons (Fsp3) is 0.500. The molecule has 3 aromatic rings. The minimum absolute atomic E-state index is 0.00715. The number of aliphatic hydroxyl groups is 2. The summed E-state index contributed by atoms with van der Waals surface area (Å²) in [7, 11) is 0. The van der Waals surface area contributed by atoms with Crippen molar-refractivity contribution in [3.8, 4) is 11.5 Å². The highest BCUT2D eigenvalue weighted by Gasteiger charge is 2.41. The van der Waals surface area contributed by atoms with Crippen molar-refractivity contribution in [2.45, 2.75) is 96.6 Å². The Labute approximate surface area is 222 Å². The van der Waals surface area contributed by atoms with Crippen LogP contribution in [0.25, 0.3) is 11.0 Å². The van der Waals surface area contributed by atoms with Crippen LogP contribution in [0.15, 0.2) is 33.5 Å². The lowest BCUT2D eigenvalue weighted by molar-refractivity contribution is -0.0233. The summed E-state index contributed by atoms with van der Waals surface area (Å²) in [5.74, 6) is 1.25. The summed E-state index contributed by atoms with van der Waals surface area (Å²) < 4.78 is 19.3. The summed E-state index contributed by atoms with van der Waals surface area (Å²) in [4.78, 5) is 14.3. The summed E-state index contributed by atoms with van der Waals surface area (Å²) in [5, 5.41) is 30.6. The van der Waals surface area contributed by atoms with Gasteiger partial charge in [0.1, 0.15) is 40.9 Å². The molecule has 1 atom stereocenters. The van der Waals surface area contributed by atoms with E-state index in [1.165, 1.54) is 0 Å². The predicted molar refractivity (Wildman–Crippen MR) is 144 cm³/mol. The molecule has 8 nitrogen and oxygen atoms in total. The SMILES string of the molecule is CC(C)c1c2c(c(OC3CCCC3)c3c(=O)c(Cc4ccc(NO)cc4)c(CO)oc13)C[C@@H](C(C)(C)O)O2. The number of benzene rings is 2. The summed E-state index contributed by atoms with van der Waals surface area (Å²) in [6, 6.07) is 7.04. The van der Waals surface area contributed by atoms with Gasteiger partial charge in [0.15, 0.2) is 5.43 Å². The predicted octanol–water partition coefficient (Wildman–Crippen LogP) is 5.20. The van der Waals surface area contributed by atoms with Crippen LogP contribution in [-0.4, -0.2) is 33.2 Å². The maximum absolute atomic E-state index is 14.3. The molecule has 1 aliphatic carbocycles. The van der Waals surface area contributed by atoms with E-state index in [0.717, 1.165) is 42.4 Å². The van der Waals surface area contributed by atoms with Gasteiger partial charge in [0, 0.05) is 29.5 Å². The van der Waals surface area contributed by atoms with Gasteiger partial charge in [-0.15, -0.1) is 0 Å². The molecule has 38 heavy (non-hydrogen) atoms. The summed E-state index contributed by atoms with van der Waals surface area (Å²) in [5.41, 5.74) is 4.43. The van der Waals surface area contributed by atoms with Crippen LogP contribution in [0.5, 0.6) is 11.5 Å². The second-order valence-corrected chi connectivity index (χ2v) is 11.4. The lowest BCUT2D eigenvalue weighted by Gasteiger charge is -2.25. The van der Waals surface area contributed by atoms with Gasteiger partial charge in [-0.2, -0.15) is 0 Å². The molecule has 2 aliphatic rings. The van der Waals surface area contributed by atoms with Crippen LogP contribution >= 0.6 is 0 Å². The summed E-state index contributed by atoms with van der Waals surface area (Å²) in [6.07, 6.45) is 4.14. The van der Waals surface area contributed by atoms with Crippen LogP contribution in [-0.2, 0) is 19.4 Å². The molecule has 1 fully saturated rings. The second kappa shape index (κ2) is 10.2. The fourth-order valence-corrected chi connectivity index (χ4v) is 5.65. The average molecular weight is 524 g/mol. The van der Waals surface area contributed by atoms with Crippen molar-refractivity contribution in [3.05, 3.63) is 62.5 Å². The van der Waals surface area contributed by atoms with Crippen LogP contribution in [0.3, 0.4) is 0 Å². The van der Waals surface area contributed by atoms with E-state index in [2.05, 4.69) is 5.48 Å². The maximum Gasteiger partial charge on any atom is 0.200 e. The quantitative estimate of drug-likeness (QED) is 0.298. The van der Waals surface area contributed by atoms with E-state index in [1.54, 1.807) is 26.0 Å². The molecule has 0 spiro atoms. The first-order valence-electron chi connectivity index (χ1n) is 13.4. The monoisotopic (exact) mass is 523 g/mol. The lowest BCUT2D eigenvalue weighted by atomic mass is 9.91. The highest BCUT2D eigenvalue weighted by atomic mass is 16.5. The van der Waals surface area contributed by atoms with Crippen molar-refractivity contribution in [1.82, 2.24) is 0 Å². The summed E-state index contributed by atoms with van der Waals surface area (Å²) >= 11 is 0. The Balaban J connectivity index is 1.76. The lowest BCUT2D eigenvalue weighted by Crippen LogP contribution is -2.39. The third-order valence-electron chi connectivity index (χ3n) is 7.76. The Morgan fingerprint density at radius 3 is 2.42 bits per heavy atom. The molecular weight excluding hydrogens is 486 g/mol. The molecule has 204 valence electrons. The van der Waals surface area contributed by atoms with Gasteiger partial charge in [-0.05, 0) is 63.1 Å². The minimum atomic E-state index is -1.10. The van der Waals surface area contributed by atoms with Gasteiger partial charge in [0.05, 0.1) is 17.4 Å². The molecule has 0 radical (unpaired) electrons. The number of rotatable bonds is 8. The zero-order chi connectivity index (χ0) is 27.2. The van der Waals surface area contributed by atoms with Crippen LogP contribution < -0.4 is 20.4 Å². The molecule has 2 heterocycles. The number of ether oxygens (including phenoxy) is 2. The van der Waals surface area contributed by atoms with Crippen molar-refractivity contribution in [1.29, 1.82) is 0 Å². The van der Waals surface area contributed by atoms with Crippen molar-refractivity contribution in [2.24, 2.45) is 0 Å². The Bertz CT molecular complexity index is 1380.